The van der Waals surface area contributed by atoms with Crippen LogP contribution in [0.1, 0.15) is 44.7 Å². The molecule has 0 aliphatic rings. The van der Waals surface area contributed by atoms with Crippen LogP contribution in [-0.4, -0.2) is 25.9 Å². The molecule has 1 N–H and O–H groups in total. The van der Waals surface area contributed by atoms with Crippen LogP contribution < -0.4 is 10.1 Å². The highest BCUT2D eigenvalue weighted by Crippen LogP contribution is 2.20. The smallest absolute Gasteiger partial charge is 0.123 e. The van der Waals surface area contributed by atoms with E-state index in [1.165, 1.54) is 17.5 Å². The molecule has 114 valence electrons. The van der Waals surface area contributed by atoms with Crippen LogP contribution in [0.5, 0.6) is 5.75 Å². The van der Waals surface area contributed by atoms with Crippen molar-refractivity contribution < 1.29 is 9.47 Å². The molecule has 0 bridgehead atoms. The highest BCUT2D eigenvalue weighted by Gasteiger charge is 2.05. The van der Waals surface area contributed by atoms with E-state index in [0.29, 0.717) is 19.3 Å². The third-order valence-corrected chi connectivity index (χ3v) is 3.04. The maximum absolute atomic E-state index is 5.84. The minimum atomic E-state index is 0.473. The van der Waals surface area contributed by atoms with E-state index in [4.69, 9.17) is 9.47 Å². The second kappa shape index (κ2) is 9.78. The lowest BCUT2D eigenvalue weighted by molar-refractivity contribution is 0.0977. The molecule has 0 aromatic heterocycles. The molecule has 0 saturated heterocycles. The van der Waals surface area contributed by atoms with Crippen LogP contribution in [0.3, 0.4) is 0 Å². The standard InChI is InChI=1S/C17H29NO2/c1-5-6-9-19-10-11-20-17-8-7-15(4)12-16(17)13-18-14(2)3/h7-8,12,14,18H,5-6,9-11,13H2,1-4H3. The van der Waals surface area contributed by atoms with Gasteiger partial charge in [0.2, 0.25) is 0 Å². The molecule has 0 fully saturated rings. The Balaban J connectivity index is 2.43. The molecule has 0 amide bonds. The number of benzene rings is 1. The quantitative estimate of drug-likeness (QED) is 0.663. The maximum Gasteiger partial charge on any atom is 0.123 e. The van der Waals surface area contributed by atoms with Crippen molar-refractivity contribution in [2.75, 3.05) is 19.8 Å². The molecule has 20 heavy (non-hydrogen) atoms. The zero-order valence-electron chi connectivity index (χ0n) is 13.4. The number of hydrogen-bond acceptors (Lipinski definition) is 3. The average molecular weight is 279 g/mol. The summed E-state index contributed by atoms with van der Waals surface area (Å²) in [5, 5.41) is 3.44. The van der Waals surface area contributed by atoms with E-state index in [0.717, 1.165) is 25.3 Å². The number of aryl methyl sites for hydroxylation is 1. The second-order valence-electron chi connectivity index (χ2n) is 5.46. The number of ether oxygens (including phenoxy) is 2. The molecule has 1 rings (SSSR count). The van der Waals surface area contributed by atoms with Crippen molar-refractivity contribution in [3.8, 4) is 5.75 Å². The summed E-state index contributed by atoms with van der Waals surface area (Å²) in [4.78, 5) is 0. The van der Waals surface area contributed by atoms with Gasteiger partial charge in [0.1, 0.15) is 12.4 Å². The predicted molar refractivity (Wildman–Crippen MR) is 84.4 cm³/mol. The fourth-order valence-electron chi connectivity index (χ4n) is 1.86. The lowest BCUT2D eigenvalue weighted by atomic mass is 10.1. The lowest BCUT2D eigenvalue weighted by Crippen LogP contribution is -2.22. The fraction of sp³-hybridized carbons (Fsp3) is 0.647. The van der Waals surface area contributed by atoms with Crippen molar-refractivity contribution in [2.24, 2.45) is 0 Å². The van der Waals surface area contributed by atoms with Gasteiger partial charge in [0, 0.05) is 24.8 Å². The zero-order chi connectivity index (χ0) is 14.8. The minimum Gasteiger partial charge on any atom is -0.491 e. The third kappa shape index (κ3) is 6.92. The van der Waals surface area contributed by atoms with Crippen molar-refractivity contribution in [1.29, 1.82) is 0 Å². The first-order valence-corrected chi connectivity index (χ1v) is 7.67. The molecule has 3 nitrogen and oxygen atoms in total. The summed E-state index contributed by atoms with van der Waals surface area (Å²) in [7, 11) is 0. The Morgan fingerprint density at radius 3 is 2.65 bits per heavy atom. The zero-order valence-corrected chi connectivity index (χ0v) is 13.4. The largest absolute Gasteiger partial charge is 0.491 e. The number of unbranched alkanes of at least 4 members (excludes halogenated alkanes) is 1. The van der Waals surface area contributed by atoms with E-state index in [9.17, 15) is 0 Å². The monoisotopic (exact) mass is 279 g/mol. The van der Waals surface area contributed by atoms with E-state index in [-0.39, 0.29) is 0 Å². The normalized spacial score (nSPS) is 11.1. The van der Waals surface area contributed by atoms with Gasteiger partial charge in [-0.2, -0.15) is 0 Å². The summed E-state index contributed by atoms with van der Waals surface area (Å²) >= 11 is 0. The molecule has 1 aromatic rings. The van der Waals surface area contributed by atoms with Gasteiger partial charge in [-0.3, -0.25) is 0 Å². The Hall–Kier alpha value is -1.06. The van der Waals surface area contributed by atoms with Gasteiger partial charge in [0.25, 0.3) is 0 Å². The molecule has 0 saturated carbocycles. The molecule has 3 heteroatoms. The highest BCUT2D eigenvalue weighted by atomic mass is 16.5. The Labute approximate surface area is 123 Å². The molecule has 0 radical (unpaired) electrons. The number of hydrogen-bond donors (Lipinski definition) is 1. The van der Waals surface area contributed by atoms with Gasteiger partial charge in [0.15, 0.2) is 0 Å². The molecule has 0 aliphatic carbocycles. The van der Waals surface area contributed by atoms with E-state index in [1.54, 1.807) is 0 Å². The number of rotatable bonds is 10. The van der Waals surface area contributed by atoms with Crippen LogP contribution in [0, 0.1) is 6.92 Å². The highest BCUT2D eigenvalue weighted by molar-refractivity contribution is 5.36. The Morgan fingerprint density at radius 2 is 1.95 bits per heavy atom. The van der Waals surface area contributed by atoms with E-state index in [1.807, 2.05) is 0 Å². The topological polar surface area (TPSA) is 30.5 Å². The Morgan fingerprint density at radius 1 is 1.15 bits per heavy atom. The van der Waals surface area contributed by atoms with Gasteiger partial charge in [-0.05, 0) is 19.4 Å². The summed E-state index contributed by atoms with van der Waals surface area (Å²) in [6, 6.07) is 6.80. The summed E-state index contributed by atoms with van der Waals surface area (Å²) < 4.78 is 11.4. The molecular weight excluding hydrogens is 250 g/mol. The molecule has 0 aliphatic heterocycles. The SMILES string of the molecule is CCCCOCCOc1ccc(C)cc1CNC(C)C. The number of nitrogens with one attached hydrogen (secondary N) is 1. The van der Waals surface area contributed by atoms with Gasteiger partial charge < -0.3 is 14.8 Å². The van der Waals surface area contributed by atoms with Gasteiger partial charge in [-0.1, -0.05) is 44.9 Å². The molecule has 1 aromatic carbocycles. The van der Waals surface area contributed by atoms with Gasteiger partial charge >= 0.3 is 0 Å². The molecule has 0 heterocycles. The van der Waals surface area contributed by atoms with Crippen LogP contribution >= 0.6 is 0 Å². The first-order valence-electron chi connectivity index (χ1n) is 7.67. The molecule has 0 atom stereocenters. The Bertz CT molecular complexity index is 377. The van der Waals surface area contributed by atoms with Crippen molar-refractivity contribution in [1.82, 2.24) is 5.32 Å². The third-order valence-electron chi connectivity index (χ3n) is 3.04. The van der Waals surface area contributed by atoms with Gasteiger partial charge in [0.05, 0.1) is 6.61 Å². The maximum atomic E-state index is 5.84. The lowest BCUT2D eigenvalue weighted by Gasteiger charge is -2.14. The Kier molecular flexibility index (Phi) is 8.31. The van der Waals surface area contributed by atoms with Crippen molar-refractivity contribution in [3.63, 3.8) is 0 Å². The van der Waals surface area contributed by atoms with Crippen LogP contribution in [0.2, 0.25) is 0 Å². The summed E-state index contributed by atoms with van der Waals surface area (Å²) in [6.07, 6.45) is 2.29. The minimum absolute atomic E-state index is 0.473. The molecule has 0 spiro atoms. The molecular formula is C17H29NO2. The molecule has 0 unspecified atom stereocenters. The van der Waals surface area contributed by atoms with Crippen molar-refractivity contribution in [3.05, 3.63) is 29.3 Å². The van der Waals surface area contributed by atoms with Gasteiger partial charge in [-0.15, -0.1) is 0 Å². The van der Waals surface area contributed by atoms with Crippen LogP contribution in [-0.2, 0) is 11.3 Å². The van der Waals surface area contributed by atoms with Crippen LogP contribution in [0.4, 0.5) is 0 Å². The first-order chi connectivity index (χ1) is 9.63. The van der Waals surface area contributed by atoms with Crippen LogP contribution in [0.15, 0.2) is 18.2 Å². The van der Waals surface area contributed by atoms with E-state index >= 15 is 0 Å². The summed E-state index contributed by atoms with van der Waals surface area (Å²) in [5.74, 6) is 0.961. The first kappa shape index (κ1) is 17.0. The average Bonchev–Trinajstić information content (AvgIpc) is 2.42. The van der Waals surface area contributed by atoms with E-state index in [2.05, 4.69) is 51.2 Å². The second-order valence-corrected chi connectivity index (χ2v) is 5.46. The summed E-state index contributed by atoms with van der Waals surface area (Å²) in [5.41, 5.74) is 2.48. The van der Waals surface area contributed by atoms with Crippen LogP contribution in [0.25, 0.3) is 0 Å². The predicted octanol–water partition coefficient (Wildman–Crippen LogP) is 3.69. The van der Waals surface area contributed by atoms with Gasteiger partial charge in [-0.25, -0.2) is 0 Å². The van der Waals surface area contributed by atoms with Crippen molar-refractivity contribution in [2.45, 2.75) is 53.1 Å². The fourth-order valence-corrected chi connectivity index (χ4v) is 1.86. The summed E-state index contributed by atoms with van der Waals surface area (Å²) in [6.45, 7) is 11.5. The van der Waals surface area contributed by atoms with Crippen molar-refractivity contribution >= 4 is 0 Å². The van der Waals surface area contributed by atoms with E-state index < -0.39 is 0 Å².